The van der Waals surface area contributed by atoms with Gasteiger partial charge in [-0.1, -0.05) is 11.3 Å². The second kappa shape index (κ2) is 4.53. The van der Waals surface area contributed by atoms with Crippen molar-refractivity contribution in [1.82, 2.24) is 15.1 Å². The van der Waals surface area contributed by atoms with Crippen LogP contribution in [0.25, 0.3) is 0 Å². The molecule has 4 nitrogen and oxygen atoms in total. The lowest BCUT2D eigenvalue weighted by Crippen LogP contribution is -2.41. The number of hydrogen-bond acceptors (Lipinski definition) is 5. The van der Waals surface area contributed by atoms with Gasteiger partial charge in [-0.15, -0.1) is 10.2 Å². The molecule has 3 heterocycles. The van der Waals surface area contributed by atoms with Gasteiger partial charge < -0.3 is 10.2 Å². The van der Waals surface area contributed by atoms with Crippen molar-refractivity contribution in [2.45, 2.75) is 44.7 Å². The average molecular weight is 252 g/mol. The highest BCUT2D eigenvalue weighted by Gasteiger charge is 2.38. The van der Waals surface area contributed by atoms with E-state index in [2.05, 4.69) is 27.5 Å². The number of aromatic nitrogens is 2. The van der Waals surface area contributed by atoms with Gasteiger partial charge in [-0.2, -0.15) is 0 Å². The molecule has 0 saturated carbocycles. The van der Waals surface area contributed by atoms with Gasteiger partial charge >= 0.3 is 0 Å². The summed E-state index contributed by atoms with van der Waals surface area (Å²) >= 11 is 1.65. The lowest BCUT2D eigenvalue weighted by molar-refractivity contribution is 0.139. The first-order valence-electron chi connectivity index (χ1n) is 6.48. The topological polar surface area (TPSA) is 41.1 Å². The fraction of sp³-hybridized carbons (Fsp3) is 0.833. The van der Waals surface area contributed by atoms with E-state index in [1.54, 1.807) is 11.3 Å². The fourth-order valence-electron chi connectivity index (χ4n) is 3.29. The zero-order chi connectivity index (χ0) is 11.8. The summed E-state index contributed by atoms with van der Waals surface area (Å²) in [5.41, 5.74) is 0. The van der Waals surface area contributed by atoms with Crippen LogP contribution in [0.15, 0.2) is 0 Å². The summed E-state index contributed by atoms with van der Waals surface area (Å²) in [5, 5.41) is 13.6. The monoisotopic (exact) mass is 252 g/mol. The molecule has 1 aromatic heterocycles. The van der Waals surface area contributed by atoms with Crippen LogP contribution in [0, 0.1) is 12.8 Å². The van der Waals surface area contributed by atoms with Crippen LogP contribution in [-0.4, -0.2) is 40.8 Å². The number of aryl methyl sites for hydroxylation is 1. The minimum Gasteiger partial charge on any atom is -0.360 e. The SMILES string of the molecule is Cc1nnc(NCC2CC3CCC(C2)N3C)s1. The molecule has 0 aromatic carbocycles. The van der Waals surface area contributed by atoms with Crippen LogP contribution in [0.1, 0.15) is 30.7 Å². The summed E-state index contributed by atoms with van der Waals surface area (Å²) in [6.45, 7) is 3.06. The molecule has 2 fully saturated rings. The van der Waals surface area contributed by atoms with Crippen LogP contribution in [0.5, 0.6) is 0 Å². The van der Waals surface area contributed by atoms with Gasteiger partial charge in [0, 0.05) is 18.6 Å². The van der Waals surface area contributed by atoms with E-state index in [1.807, 2.05) is 6.92 Å². The van der Waals surface area contributed by atoms with Crippen LogP contribution >= 0.6 is 11.3 Å². The van der Waals surface area contributed by atoms with E-state index in [-0.39, 0.29) is 0 Å². The van der Waals surface area contributed by atoms with Crippen LogP contribution < -0.4 is 5.32 Å². The molecule has 0 radical (unpaired) electrons. The molecular formula is C12H20N4S. The van der Waals surface area contributed by atoms with Crippen LogP contribution in [0.2, 0.25) is 0 Å². The van der Waals surface area contributed by atoms with Crippen molar-refractivity contribution in [1.29, 1.82) is 0 Å². The highest BCUT2D eigenvalue weighted by atomic mass is 32.1. The van der Waals surface area contributed by atoms with E-state index in [4.69, 9.17) is 0 Å². The first-order valence-corrected chi connectivity index (χ1v) is 7.30. The maximum Gasteiger partial charge on any atom is 0.205 e. The molecule has 2 bridgehead atoms. The van der Waals surface area contributed by atoms with Crippen molar-refractivity contribution in [2.24, 2.45) is 5.92 Å². The highest BCUT2D eigenvalue weighted by molar-refractivity contribution is 7.15. The molecule has 17 heavy (non-hydrogen) atoms. The molecule has 94 valence electrons. The number of fused-ring (bicyclic) bond motifs is 2. The summed E-state index contributed by atoms with van der Waals surface area (Å²) in [4.78, 5) is 2.59. The summed E-state index contributed by atoms with van der Waals surface area (Å²) in [5.74, 6) is 0.813. The minimum absolute atomic E-state index is 0.813. The Labute approximate surface area is 106 Å². The molecule has 2 aliphatic rings. The molecule has 1 aromatic rings. The van der Waals surface area contributed by atoms with E-state index < -0.39 is 0 Å². The van der Waals surface area contributed by atoms with E-state index in [0.29, 0.717) is 0 Å². The lowest BCUT2D eigenvalue weighted by atomic mass is 9.91. The average Bonchev–Trinajstić information content (AvgIpc) is 2.78. The Kier molecular flexibility index (Phi) is 3.04. The second-order valence-corrected chi connectivity index (χ2v) is 6.58. The summed E-state index contributed by atoms with van der Waals surface area (Å²) in [7, 11) is 2.29. The highest BCUT2D eigenvalue weighted by Crippen LogP contribution is 2.37. The smallest absolute Gasteiger partial charge is 0.205 e. The number of piperidine rings is 1. The standard InChI is InChI=1S/C12H20N4S/c1-8-14-15-12(17-8)13-7-9-5-10-3-4-11(6-9)16(10)2/h9-11H,3-7H2,1-2H3,(H,13,15). The Morgan fingerprint density at radius 1 is 1.29 bits per heavy atom. The van der Waals surface area contributed by atoms with Gasteiger partial charge in [0.05, 0.1) is 0 Å². The zero-order valence-corrected chi connectivity index (χ0v) is 11.3. The van der Waals surface area contributed by atoms with E-state index >= 15 is 0 Å². The Balaban J connectivity index is 1.54. The fourth-order valence-corrected chi connectivity index (χ4v) is 3.89. The Morgan fingerprint density at radius 3 is 2.59 bits per heavy atom. The van der Waals surface area contributed by atoms with Crippen LogP contribution in [0.3, 0.4) is 0 Å². The van der Waals surface area contributed by atoms with Crippen molar-refractivity contribution in [2.75, 3.05) is 18.9 Å². The van der Waals surface area contributed by atoms with Gasteiger partial charge in [-0.25, -0.2) is 0 Å². The number of rotatable bonds is 3. The molecule has 2 aliphatic heterocycles. The molecule has 0 amide bonds. The predicted octanol–water partition coefficient (Wildman–Crippen LogP) is 2.13. The maximum absolute atomic E-state index is 4.12. The van der Waals surface area contributed by atoms with Gasteiger partial charge in [0.25, 0.3) is 0 Å². The third-order valence-corrected chi connectivity index (χ3v) is 5.06. The van der Waals surface area contributed by atoms with Crippen molar-refractivity contribution < 1.29 is 0 Å². The van der Waals surface area contributed by atoms with Crippen LogP contribution in [-0.2, 0) is 0 Å². The van der Waals surface area contributed by atoms with Gasteiger partial charge in [0.15, 0.2) is 0 Å². The van der Waals surface area contributed by atoms with Crippen molar-refractivity contribution in [3.05, 3.63) is 5.01 Å². The lowest BCUT2D eigenvalue weighted by Gasteiger charge is -2.36. The zero-order valence-electron chi connectivity index (χ0n) is 10.5. The van der Waals surface area contributed by atoms with Crippen molar-refractivity contribution >= 4 is 16.5 Å². The summed E-state index contributed by atoms with van der Waals surface area (Å²) in [6.07, 6.45) is 5.49. The van der Waals surface area contributed by atoms with E-state index in [0.717, 1.165) is 34.7 Å². The predicted molar refractivity (Wildman–Crippen MR) is 70.4 cm³/mol. The third kappa shape index (κ3) is 2.31. The molecule has 0 aliphatic carbocycles. The molecule has 2 saturated heterocycles. The van der Waals surface area contributed by atoms with Crippen LogP contribution in [0.4, 0.5) is 5.13 Å². The third-order valence-electron chi connectivity index (χ3n) is 4.26. The quantitative estimate of drug-likeness (QED) is 0.895. The van der Waals surface area contributed by atoms with Gasteiger partial charge in [0.2, 0.25) is 5.13 Å². The Morgan fingerprint density at radius 2 is 2.00 bits per heavy atom. The number of hydrogen-bond donors (Lipinski definition) is 1. The summed E-state index contributed by atoms with van der Waals surface area (Å²) in [6, 6.07) is 1.66. The molecule has 3 rings (SSSR count). The first kappa shape index (κ1) is 11.4. The number of nitrogens with one attached hydrogen (secondary N) is 1. The van der Waals surface area contributed by atoms with Gasteiger partial charge in [0.1, 0.15) is 5.01 Å². The van der Waals surface area contributed by atoms with E-state index in [9.17, 15) is 0 Å². The molecule has 2 atom stereocenters. The largest absolute Gasteiger partial charge is 0.360 e. The Hall–Kier alpha value is -0.680. The molecule has 0 spiro atoms. The van der Waals surface area contributed by atoms with Crippen molar-refractivity contribution in [3.8, 4) is 0 Å². The Bertz CT molecular complexity index is 378. The second-order valence-electron chi connectivity index (χ2n) is 5.40. The van der Waals surface area contributed by atoms with Gasteiger partial charge in [-0.05, 0) is 45.6 Å². The van der Waals surface area contributed by atoms with Crippen molar-refractivity contribution in [3.63, 3.8) is 0 Å². The van der Waals surface area contributed by atoms with Gasteiger partial charge in [-0.3, -0.25) is 0 Å². The first-order chi connectivity index (χ1) is 8.22. The summed E-state index contributed by atoms with van der Waals surface area (Å²) < 4.78 is 0. The van der Waals surface area contributed by atoms with E-state index in [1.165, 1.54) is 25.7 Å². The molecule has 1 N–H and O–H groups in total. The molecule has 2 unspecified atom stereocenters. The minimum atomic E-state index is 0.813. The number of nitrogens with zero attached hydrogens (tertiary/aromatic N) is 3. The molecular weight excluding hydrogens is 232 g/mol. The maximum atomic E-state index is 4.12. The normalized spacial score (nSPS) is 32.9. The number of anilines is 1. The molecule has 5 heteroatoms.